The number of benzene rings is 2. The number of carbonyl (C=O) groups excluding carboxylic acids is 1. The largest absolute Gasteiger partial charge is 0.481 e. The first-order chi connectivity index (χ1) is 20.4. The molecule has 9 nitrogen and oxygen atoms in total. The summed E-state index contributed by atoms with van der Waals surface area (Å²) in [7, 11) is 1.56. The van der Waals surface area contributed by atoms with Gasteiger partial charge in [-0.2, -0.15) is 5.10 Å². The number of aryl methyl sites for hydroxylation is 1. The summed E-state index contributed by atoms with van der Waals surface area (Å²) >= 11 is 0. The Morgan fingerprint density at radius 3 is 2.60 bits per heavy atom. The highest BCUT2D eigenvalue weighted by atomic mass is 16.5. The van der Waals surface area contributed by atoms with E-state index in [0.29, 0.717) is 50.7 Å². The van der Waals surface area contributed by atoms with Gasteiger partial charge in [0.2, 0.25) is 5.88 Å². The number of carbonyl (C=O) groups is 1. The van der Waals surface area contributed by atoms with Crippen LogP contribution in [0.15, 0.2) is 96.2 Å². The van der Waals surface area contributed by atoms with Gasteiger partial charge in [0.05, 0.1) is 24.2 Å². The highest BCUT2D eigenvalue weighted by Crippen LogP contribution is 2.24. The Bertz CT molecular complexity index is 2070. The number of aromatic nitrogens is 5. The minimum Gasteiger partial charge on any atom is -0.481 e. The molecule has 0 radical (unpaired) electrons. The zero-order valence-electron chi connectivity index (χ0n) is 23.2. The van der Waals surface area contributed by atoms with Crippen molar-refractivity contribution in [1.29, 1.82) is 0 Å². The van der Waals surface area contributed by atoms with Gasteiger partial charge in [-0.1, -0.05) is 42.2 Å². The molecule has 2 aromatic carbocycles. The Hall–Kier alpha value is -5.75. The third-order valence-electron chi connectivity index (χ3n) is 6.97. The van der Waals surface area contributed by atoms with Crippen LogP contribution >= 0.6 is 0 Å². The Labute approximate surface area is 241 Å². The second-order valence-electron chi connectivity index (χ2n) is 9.70. The van der Waals surface area contributed by atoms with Crippen molar-refractivity contribution in [3.63, 3.8) is 0 Å². The van der Waals surface area contributed by atoms with Gasteiger partial charge in [0.25, 0.3) is 11.5 Å². The van der Waals surface area contributed by atoms with Crippen LogP contribution in [-0.2, 0) is 0 Å². The fourth-order valence-electron chi connectivity index (χ4n) is 4.97. The van der Waals surface area contributed by atoms with Crippen LogP contribution < -0.4 is 15.6 Å². The topological polar surface area (TPSA) is 103 Å². The van der Waals surface area contributed by atoms with Gasteiger partial charge < -0.3 is 10.1 Å². The lowest BCUT2D eigenvalue weighted by Gasteiger charge is -2.21. The fourth-order valence-corrected chi connectivity index (χ4v) is 4.97. The minimum absolute atomic E-state index is 0.235. The monoisotopic (exact) mass is 554 g/mol. The molecule has 0 saturated heterocycles. The third-order valence-corrected chi connectivity index (χ3v) is 6.97. The zero-order valence-corrected chi connectivity index (χ0v) is 23.2. The van der Waals surface area contributed by atoms with Gasteiger partial charge in [-0.3, -0.25) is 14.2 Å². The first-order valence-electron chi connectivity index (χ1n) is 13.3. The highest BCUT2D eigenvalue weighted by molar-refractivity contribution is 6.01. The summed E-state index contributed by atoms with van der Waals surface area (Å²) < 4.78 is 8.34. The molecule has 42 heavy (non-hydrogen) atoms. The zero-order chi connectivity index (χ0) is 29.2. The Morgan fingerprint density at radius 2 is 1.83 bits per heavy atom. The summed E-state index contributed by atoms with van der Waals surface area (Å²) in [5, 5.41) is 8.68. The van der Waals surface area contributed by atoms with E-state index in [0.717, 1.165) is 5.39 Å². The summed E-state index contributed by atoms with van der Waals surface area (Å²) in [5.41, 5.74) is 3.77. The van der Waals surface area contributed by atoms with Crippen molar-refractivity contribution in [3.8, 4) is 23.4 Å². The smallest absolute Gasteiger partial charge is 0.264 e. The van der Waals surface area contributed by atoms with Crippen LogP contribution in [0, 0.1) is 18.8 Å². The maximum absolute atomic E-state index is 14.2. The van der Waals surface area contributed by atoms with Crippen molar-refractivity contribution in [2.45, 2.75) is 19.9 Å². The number of rotatable bonds is 5. The molecule has 0 fully saturated rings. The SMILES string of the molecule is COc1ccc(C#Cc2cccc3cc([C@@H](C)NC(=O)c4c(C)nn5cccnc45)n(-c4ccccc4)c(=O)c23)cn1. The third kappa shape index (κ3) is 4.86. The Kier molecular flexibility index (Phi) is 6.95. The number of hydrogen-bond acceptors (Lipinski definition) is 6. The molecular formula is C33H26N6O3. The van der Waals surface area contributed by atoms with Gasteiger partial charge in [0.1, 0.15) is 5.56 Å². The molecule has 0 bridgehead atoms. The van der Waals surface area contributed by atoms with Gasteiger partial charge in [-0.05, 0) is 55.6 Å². The number of pyridine rings is 2. The molecule has 1 amide bonds. The maximum Gasteiger partial charge on any atom is 0.264 e. The van der Waals surface area contributed by atoms with Gasteiger partial charge in [-0.25, -0.2) is 14.5 Å². The molecule has 4 heterocycles. The van der Waals surface area contributed by atoms with Crippen molar-refractivity contribution >= 4 is 22.3 Å². The summed E-state index contributed by atoms with van der Waals surface area (Å²) in [5.74, 6) is 6.43. The molecule has 6 aromatic rings. The lowest BCUT2D eigenvalue weighted by Crippen LogP contribution is -2.32. The van der Waals surface area contributed by atoms with Crippen LogP contribution in [0.1, 0.15) is 45.8 Å². The molecule has 9 heteroatoms. The van der Waals surface area contributed by atoms with Crippen LogP contribution in [0.25, 0.3) is 22.1 Å². The first-order valence-corrected chi connectivity index (χ1v) is 13.3. The number of hydrogen-bond donors (Lipinski definition) is 1. The maximum atomic E-state index is 14.2. The number of amides is 1. The summed E-state index contributed by atoms with van der Waals surface area (Å²) in [6, 6.07) is 21.6. The lowest BCUT2D eigenvalue weighted by atomic mass is 10.0. The number of methoxy groups -OCH3 is 1. The molecular weight excluding hydrogens is 528 g/mol. The van der Waals surface area contributed by atoms with Gasteiger partial charge in [-0.15, -0.1) is 0 Å². The van der Waals surface area contributed by atoms with Crippen LogP contribution in [0.5, 0.6) is 5.88 Å². The van der Waals surface area contributed by atoms with Crippen molar-refractivity contribution in [2.24, 2.45) is 0 Å². The minimum atomic E-state index is -0.534. The number of nitrogens with zero attached hydrogens (tertiary/aromatic N) is 5. The molecule has 0 unspecified atom stereocenters. The van der Waals surface area contributed by atoms with Crippen molar-refractivity contribution < 1.29 is 9.53 Å². The fraction of sp³-hybridized carbons (Fsp3) is 0.121. The number of para-hydroxylation sites is 1. The van der Waals surface area contributed by atoms with E-state index in [1.807, 2.05) is 67.6 Å². The Balaban J connectivity index is 1.46. The molecule has 0 aliphatic heterocycles. The van der Waals surface area contributed by atoms with Gasteiger partial charge in [0.15, 0.2) is 5.65 Å². The first kappa shape index (κ1) is 26.5. The van der Waals surface area contributed by atoms with E-state index in [2.05, 4.69) is 32.2 Å². The molecule has 0 aliphatic rings. The number of ether oxygens (including phenoxy) is 1. The average molecular weight is 555 g/mol. The predicted octanol–water partition coefficient (Wildman–Crippen LogP) is 4.64. The van der Waals surface area contributed by atoms with Crippen LogP contribution in [-0.4, -0.2) is 37.2 Å². The average Bonchev–Trinajstić information content (AvgIpc) is 3.36. The molecule has 1 N–H and O–H groups in total. The van der Waals surface area contributed by atoms with Crippen LogP contribution in [0.3, 0.4) is 0 Å². The molecule has 0 aliphatic carbocycles. The Morgan fingerprint density at radius 1 is 1.00 bits per heavy atom. The van der Waals surface area contributed by atoms with E-state index in [9.17, 15) is 9.59 Å². The quantitative estimate of drug-likeness (QED) is 0.312. The summed E-state index contributed by atoms with van der Waals surface area (Å²) in [6.45, 7) is 3.63. The second kappa shape index (κ2) is 11.0. The summed E-state index contributed by atoms with van der Waals surface area (Å²) in [4.78, 5) is 36.3. The second-order valence-corrected chi connectivity index (χ2v) is 9.70. The van der Waals surface area contributed by atoms with Crippen molar-refractivity contribution in [3.05, 3.63) is 130 Å². The molecule has 4 aromatic heterocycles. The van der Waals surface area contributed by atoms with E-state index in [1.54, 1.807) is 53.8 Å². The molecule has 0 saturated carbocycles. The van der Waals surface area contributed by atoms with Crippen LogP contribution in [0.4, 0.5) is 0 Å². The molecule has 6 rings (SSSR count). The van der Waals surface area contributed by atoms with Crippen molar-refractivity contribution in [2.75, 3.05) is 7.11 Å². The number of fused-ring (bicyclic) bond motifs is 2. The van der Waals surface area contributed by atoms with E-state index in [-0.39, 0.29) is 11.5 Å². The lowest BCUT2D eigenvalue weighted by molar-refractivity contribution is 0.0939. The highest BCUT2D eigenvalue weighted by Gasteiger charge is 2.23. The number of nitrogens with one attached hydrogen (secondary N) is 1. The summed E-state index contributed by atoms with van der Waals surface area (Å²) in [6.07, 6.45) is 5.00. The van der Waals surface area contributed by atoms with E-state index < -0.39 is 6.04 Å². The van der Waals surface area contributed by atoms with Crippen LogP contribution in [0.2, 0.25) is 0 Å². The molecule has 1 atom stereocenters. The van der Waals surface area contributed by atoms with Crippen molar-refractivity contribution in [1.82, 2.24) is 29.5 Å². The van der Waals surface area contributed by atoms with Gasteiger partial charge in [0, 0.05) is 47.2 Å². The molecule has 206 valence electrons. The van der Waals surface area contributed by atoms with E-state index in [1.165, 1.54) is 0 Å². The normalized spacial score (nSPS) is 11.6. The standard InChI is InChI=1S/C33H26N6O3/c1-21(36-32(40)29-22(2)37-38-18-8-17-34-31(29)38)27-19-25-10-7-9-24(15-13-23-14-16-28(42-3)35-20-23)30(25)33(41)39(27)26-11-5-4-6-12-26/h4-12,14,16-21H,1-3H3,(H,36,40)/t21-/m1/s1. The predicted molar refractivity (Wildman–Crippen MR) is 160 cm³/mol. The molecule has 0 spiro atoms. The van der Waals surface area contributed by atoms with E-state index in [4.69, 9.17) is 4.74 Å². The van der Waals surface area contributed by atoms with Gasteiger partial charge >= 0.3 is 0 Å². The van der Waals surface area contributed by atoms with E-state index >= 15 is 0 Å².